The molecule has 480 valence electrons. The van der Waals surface area contributed by atoms with Crippen molar-refractivity contribution in [2.45, 2.75) is 265 Å². The Bertz CT molecular complexity index is 1990. The van der Waals surface area contributed by atoms with E-state index in [0.29, 0.717) is 36.1 Å². The number of carbonyl (C=O) groups excluding carboxylic acids is 6. The molecule has 0 radical (unpaired) electrons. The molecule has 84 heavy (non-hydrogen) atoms. The Morgan fingerprint density at radius 2 is 0.643 bits per heavy atom. The van der Waals surface area contributed by atoms with E-state index in [2.05, 4.69) is 21.1 Å². The molecule has 18 heteroatoms. The molecule has 18 nitrogen and oxygen atoms in total. The summed E-state index contributed by atoms with van der Waals surface area (Å²) in [6, 6.07) is 0. The highest BCUT2D eigenvalue weighted by Crippen LogP contribution is 2.55. The molecule has 0 aromatic heterocycles. The molecule has 12 aliphatic rings. The van der Waals surface area contributed by atoms with Crippen LogP contribution in [0.3, 0.4) is 0 Å². The largest absolute Gasteiger partial charge is 0.459 e. The van der Waals surface area contributed by atoms with E-state index in [1.54, 1.807) is 14.7 Å². The van der Waals surface area contributed by atoms with E-state index >= 15 is 0 Å². The van der Waals surface area contributed by atoms with E-state index in [0.717, 1.165) is 140 Å². The van der Waals surface area contributed by atoms with Crippen LogP contribution in [0.5, 0.6) is 0 Å². The van der Waals surface area contributed by atoms with Crippen LogP contribution in [0.25, 0.3) is 0 Å². The lowest BCUT2D eigenvalue weighted by Gasteiger charge is -2.30. The Labute approximate surface area is 504 Å². The van der Waals surface area contributed by atoms with E-state index in [9.17, 15) is 28.8 Å². The predicted octanol–water partition coefficient (Wildman–Crippen LogP) is 12.3. The average molecular weight is 1190 g/mol. The van der Waals surface area contributed by atoms with Gasteiger partial charge in [-0.2, -0.15) is 0 Å². The van der Waals surface area contributed by atoms with Crippen LogP contribution < -0.4 is 0 Å². The number of carbonyl (C=O) groups is 6. The molecular formula is C66H111N3O15. The lowest BCUT2D eigenvalue weighted by molar-refractivity contribution is -0.164. The molecule has 9 heterocycles. The molecule has 0 N–H and O–H groups in total. The third kappa shape index (κ3) is 16.4. The zero-order valence-electron chi connectivity index (χ0n) is 54.0. The fraction of sp³-hybridized carbons (Fsp3) is 0.909. The smallest absolute Gasteiger partial charge is 0.409 e. The van der Waals surface area contributed by atoms with Gasteiger partial charge < -0.3 is 57.3 Å². The number of methoxy groups -OCH3 is 3. The van der Waals surface area contributed by atoms with E-state index < -0.39 is 0 Å². The number of likely N-dealkylation sites (tertiary alicyclic amines) is 3. The first-order valence-electron chi connectivity index (χ1n) is 33.1. The molecule has 3 saturated carbocycles. The molecule has 0 aromatic rings. The molecule has 3 aliphatic carbocycles. The summed E-state index contributed by atoms with van der Waals surface area (Å²) in [6.45, 7) is 25.3. The zero-order valence-corrected chi connectivity index (χ0v) is 54.0. The minimum Gasteiger partial charge on any atom is -0.459 e. The van der Waals surface area contributed by atoms with Gasteiger partial charge >= 0.3 is 36.2 Å². The van der Waals surface area contributed by atoms with Gasteiger partial charge in [-0.15, -0.1) is 0 Å². The van der Waals surface area contributed by atoms with Crippen LogP contribution in [0.4, 0.5) is 14.4 Å². The van der Waals surface area contributed by atoms with E-state index in [4.69, 9.17) is 28.4 Å². The van der Waals surface area contributed by atoms with Crippen LogP contribution in [0.1, 0.15) is 210 Å². The number of nitrogens with zero attached hydrogens (tertiary/aromatic N) is 3. The molecule has 12 fully saturated rings. The topological polar surface area (TPSA) is 195 Å². The van der Waals surface area contributed by atoms with Crippen LogP contribution in [0, 0.1) is 57.7 Å². The van der Waals surface area contributed by atoms with E-state index in [-0.39, 0.29) is 89.1 Å². The summed E-state index contributed by atoms with van der Waals surface area (Å²) in [6.07, 6.45) is 26.1. The molecule has 15 unspecified atom stereocenters. The van der Waals surface area contributed by atoms with Crippen molar-refractivity contribution in [1.29, 1.82) is 0 Å². The SMILES string of the molecule is CCC(C)(C)C(=O)OC1CC2OC1C1CCCC21.CCC(C)(C)C(=O)OC1CC2OC1C1CCCC21.CCC(C)(C)C(=O)OC1CC2OC1C1CCCC21.COC(=O)N1CCC(C)CC1.COC(=O)N1CCCC1.COC(=O)N1CCCCC1. The van der Waals surface area contributed by atoms with Crippen molar-refractivity contribution in [2.75, 3.05) is 60.6 Å². The van der Waals surface area contributed by atoms with Gasteiger partial charge in [0, 0.05) is 58.5 Å². The van der Waals surface area contributed by atoms with E-state index in [1.807, 2.05) is 62.3 Å². The molecule has 15 atom stereocenters. The summed E-state index contributed by atoms with van der Waals surface area (Å²) in [5.74, 6) is 4.83. The molecular weight excluding hydrogens is 1070 g/mol. The van der Waals surface area contributed by atoms with Gasteiger partial charge in [0.05, 0.1) is 74.2 Å². The third-order valence-electron chi connectivity index (χ3n) is 21.7. The highest BCUT2D eigenvalue weighted by molar-refractivity contribution is 5.77. The van der Waals surface area contributed by atoms with Gasteiger partial charge in [-0.1, -0.05) is 47.0 Å². The van der Waals surface area contributed by atoms with Gasteiger partial charge in [-0.25, -0.2) is 14.4 Å². The van der Waals surface area contributed by atoms with Gasteiger partial charge in [0.15, 0.2) is 0 Å². The maximum atomic E-state index is 12.1. The number of hydrogen-bond donors (Lipinski definition) is 0. The minimum atomic E-state index is -0.364. The summed E-state index contributed by atoms with van der Waals surface area (Å²) in [7, 11) is 4.28. The number of rotatable bonds is 9. The standard InChI is InChI=1S/3C15H24O3.C8H15NO2.C7H13NO2.C6H11NO2/c3*1-4-15(2,3)14(16)18-12-8-11-9-6-5-7-10(9)13(12)17-11;1-7-3-5-9(6-4-7)8(10)11-2;1-10-7(9)8-5-3-2-4-6-8;1-9-6(8)7-4-2-3-5-7/h3*9-13H,4-8H2,1-3H3;7H,3-6H2,1-2H3;2-6H2,1H3;2-5H2,1H3. The Morgan fingerprint density at radius 3 is 0.917 bits per heavy atom. The van der Waals surface area contributed by atoms with Crippen molar-refractivity contribution in [3.63, 3.8) is 0 Å². The molecule has 9 aliphatic heterocycles. The third-order valence-corrected chi connectivity index (χ3v) is 21.7. The van der Waals surface area contributed by atoms with Crippen molar-refractivity contribution in [3.05, 3.63) is 0 Å². The summed E-state index contributed by atoms with van der Waals surface area (Å²) in [5, 5.41) is 0. The Morgan fingerprint density at radius 1 is 0.381 bits per heavy atom. The summed E-state index contributed by atoms with van der Waals surface area (Å²) in [5.41, 5.74) is -1.09. The zero-order chi connectivity index (χ0) is 61.1. The van der Waals surface area contributed by atoms with Crippen LogP contribution in [-0.4, -0.2) is 166 Å². The number of hydrogen-bond acceptors (Lipinski definition) is 15. The first-order chi connectivity index (χ1) is 40.0. The molecule has 6 bridgehead atoms. The van der Waals surface area contributed by atoms with Gasteiger partial charge in [0.25, 0.3) is 0 Å². The number of amides is 3. The fourth-order valence-corrected chi connectivity index (χ4v) is 15.0. The lowest BCUT2D eigenvalue weighted by atomic mass is 9.80. The monoisotopic (exact) mass is 1190 g/mol. The molecule has 3 amide bonds. The van der Waals surface area contributed by atoms with Gasteiger partial charge in [-0.05, 0) is 186 Å². The number of fused-ring (bicyclic) bond motifs is 15. The second-order valence-electron chi connectivity index (χ2n) is 28.3. The normalized spacial score (nSPS) is 33.8. The fourth-order valence-electron chi connectivity index (χ4n) is 15.0. The number of esters is 3. The molecule has 12 rings (SSSR count). The Hall–Kier alpha value is -3.90. The molecule has 0 spiro atoms. The molecule has 9 saturated heterocycles. The van der Waals surface area contributed by atoms with Crippen molar-refractivity contribution in [1.82, 2.24) is 14.7 Å². The number of ether oxygens (including phenoxy) is 9. The quantitative estimate of drug-likeness (QED) is 0.156. The van der Waals surface area contributed by atoms with Crippen LogP contribution in [0.2, 0.25) is 0 Å². The van der Waals surface area contributed by atoms with Crippen LogP contribution in [-0.2, 0) is 57.0 Å². The second-order valence-corrected chi connectivity index (χ2v) is 28.3. The molecule has 0 aromatic carbocycles. The van der Waals surface area contributed by atoms with Crippen molar-refractivity contribution in [2.24, 2.45) is 57.7 Å². The first kappa shape index (κ1) is 67.6. The van der Waals surface area contributed by atoms with Crippen molar-refractivity contribution >= 4 is 36.2 Å². The van der Waals surface area contributed by atoms with Crippen LogP contribution in [0.15, 0.2) is 0 Å². The second kappa shape index (κ2) is 30.3. The number of piperidine rings is 2. The maximum Gasteiger partial charge on any atom is 0.409 e. The Balaban J connectivity index is 0.000000148. The summed E-state index contributed by atoms with van der Waals surface area (Å²) < 4.78 is 49.0. The highest BCUT2D eigenvalue weighted by Gasteiger charge is 2.59. The predicted molar refractivity (Wildman–Crippen MR) is 318 cm³/mol. The average Bonchev–Trinajstić information content (AvgIpc) is 3.52. The van der Waals surface area contributed by atoms with Gasteiger partial charge in [0.1, 0.15) is 18.3 Å². The Kier molecular flexibility index (Phi) is 24.4. The van der Waals surface area contributed by atoms with E-state index in [1.165, 1.54) is 85.5 Å². The van der Waals surface area contributed by atoms with Gasteiger partial charge in [0.2, 0.25) is 0 Å². The van der Waals surface area contributed by atoms with Gasteiger partial charge in [-0.3, -0.25) is 14.4 Å². The minimum absolute atomic E-state index is 0.0210. The lowest BCUT2D eigenvalue weighted by Crippen LogP contribution is -2.39. The summed E-state index contributed by atoms with van der Waals surface area (Å²) in [4.78, 5) is 74.2. The van der Waals surface area contributed by atoms with Crippen LogP contribution >= 0.6 is 0 Å². The maximum absolute atomic E-state index is 12.1. The van der Waals surface area contributed by atoms with Crippen molar-refractivity contribution < 1.29 is 71.4 Å². The first-order valence-corrected chi connectivity index (χ1v) is 33.1. The van der Waals surface area contributed by atoms with Crippen molar-refractivity contribution in [3.8, 4) is 0 Å². The summed E-state index contributed by atoms with van der Waals surface area (Å²) >= 11 is 0. The highest BCUT2D eigenvalue weighted by atomic mass is 16.6.